The van der Waals surface area contributed by atoms with Gasteiger partial charge < -0.3 is 10.3 Å². The third-order valence-electron chi connectivity index (χ3n) is 2.67. The summed E-state index contributed by atoms with van der Waals surface area (Å²) in [6.07, 6.45) is 1.87. The minimum Gasteiger partial charge on any atom is -0.339 e. The van der Waals surface area contributed by atoms with Crippen molar-refractivity contribution in [3.8, 4) is 11.5 Å². The molecular formula is C14H20N4. The highest BCUT2D eigenvalue weighted by Crippen LogP contribution is 2.15. The fourth-order valence-electron chi connectivity index (χ4n) is 1.86. The van der Waals surface area contributed by atoms with Gasteiger partial charge in [0.05, 0.1) is 6.20 Å². The minimum atomic E-state index is 0.469. The summed E-state index contributed by atoms with van der Waals surface area (Å²) in [5, 5.41) is 3.36. The van der Waals surface area contributed by atoms with Crippen LogP contribution in [0.5, 0.6) is 0 Å². The van der Waals surface area contributed by atoms with Crippen LogP contribution >= 0.6 is 0 Å². The molecule has 2 heterocycles. The summed E-state index contributed by atoms with van der Waals surface area (Å²) in [4.78, 5) is 12.2. The van der Waals surface area contributed by atoms with E-state index in [9.17, 15) is 0 Å². The van der Waals surface area contributed by atoms with E-state index in [1.54, 1.807) is 0 Å². The van der Waals surface area contributed by atoms with Crippen molar-refractivity contribution in [2.75, 3.05) is 0 Å². The molecule has 0 fully saturated rings. The van der Waals surface area contributed by atoms with Crippen LogP contribution in [0, 0.1) is 13.8 Å². The molecule has 0 radical (unpaired) electrons. The fraction of sp³-hybridized carbons (Fsp3) is 0.429. The van der Waals surface area contributed by atoms with Crippen molar-refractivity contribution in [3.05, 3.63) is 35.3 Å². The van der Waals surface area contributed by atoms with Gasteiger partial charge in [0.2, 0.25) is 0 Å². The Morgan fingerprint density at radius 1 is 1.28 bits per heavy atom. The third kappa shape index (κ3) is 3.17. The van der Waals surface area contributed by atoms with Crippen LogP contribution in [0.3, 0.4) is 0 Å². The molecule has 0 amide bonds. The van der Waals surface area contributed by atoms with Crippen LogP contribution < -0.4 is 5.32 Å². The van der Waals surface area contributed by atoms with E-state index in [4.69, 9.17) is 0 Å². The number of rotatable bonds is 4. The summed E-state index contributed by atoms with van der Waals surface area (Å²) in [5.74, 6) is 0.836. The second kappa shape index (κ2) is 5.31. The highest BCUT2D eigenvalue weighted by molar-refractivity contribution is 5.51. The van der Waals surface area contributed by atoms with Gasteiger partial charge in [0.25, 0.3) is 0 Å². The molecule has 2 N–H and O–H groups in total. The quantitative estimate of drug-likeness (QED) is 0.869. The van der Waals surface area contributed by atoms with E-state index in [-0.39, 0.29) is 0 Å². The van der Waals surface area contributed by atoms with Gasteiger partial charge in [-0.25, -0.2) is 9.97 Å². The Labute approximate surface area is 108 Å². The largest absolute Gasteiger partial charge is 0.339 e. The van der Waals surface area contributed by atoms with Crippen molar-refractivity contribution in [2.45, 2.75) is 40.3 Å². The number of nitrogens with one attached hydrogen (secondary N) is 2. The summed E-state index contributed by atoms with van der Waals surface area (Å²) in [6, 6.07) is 4.58. The Kier molecular flexibility index (Phi) is 3.77. The fourth-order valence-corrected chi connectivity index (χ4v) is 1.86. The molecule has 0 spiro atoms. The molecule has 0 atom stereocenters. The number of H-pyrrole nitrogens is 1. The predicted octanol–water partition coefficient (Wildman–Crippen LogP) is 2.59. The molecule has 0 unspecified atom stereocenters. The van der Waals surface area contributed by atoms with E-state index in [0.29, 0.717) is 6.04 Å². The minimum absolute atomic E-state index is 0.469. The van der Waals surface area contributed by atoms with Crippen molar-refractivity contribution in [1.29, 1.82) is 0 Å². The Hall–Kier alpha value is -1.68. The lowest BCUT2D eigenvalue weighted by molar-refractivity contribution is 0.583. The van der Waals surface area contributed by atoms with Gasteiger partial charge in [-0.3, -0.25) is 0 Å². The number of imidazole rings is 1. The number of aryl methyl sites for hydroxylation is 2. The first-order valence-electron chi connectivity index (χ1n) is 6.27. The Balaban J connectivity index is 2.18. The molecule has 4 nitrogen and oxygen atoms in total. The Bertz CT molecular complexity index is 508. The first-order chi connectivity index (χ1) is 8.54. The average molecular weight is 244 g/mol. The Morgan fingerprint density at radius 3 is 2.72 bits per heavy atom. The molecule has 0 aliphatic rings. The highest BCUT2D eigenvalue weighted by atomic mass is 15.0. The van der Waals surface area contributed by atoms with Gasteiger partial charge >= 0.3 is 0 Å². The van der Waals surface area contributed by atoms with E-state index in [0.717, 1.165) is 29.5 Å². The zero-order chi connectivity index (χ0) is 13.1. The Morgan fingerprint density at radius 2 is 2.06 bits per heavy atom. The van der Waals surface area contributed by atoms with Crippen LogP contribution in [0.1, 0.15) is 30.8 Å². The second-order valence-electron chi connectivity index (χ2n) is 4.96. The molecule has 0 aliphatic heterocycles. The molecule has 96 valence electrons. The van der Waals surface area contributed by atoms with Gasteiger partial charge in [-0.05, 0) is 31.5 Å². The molecule has 0 aliphatic carbocycles. The van der Waals surface area contributed by atoms with Crippen LogP contribution in [-0.2, 0) is 6.54 Å². The number of hydrogen-bond donors (Lipinski definition) is 2. The number of aromatic amines is 1. The number of aromatic nitrogens is 3. The maximum Gasteiger partial charge on any atom is 0.156 e. The lowest BCUT2D eigenvalue weighted by atomic mass is 10.2. The van der Waals surface area contributed by atoms with Crippen molar-refractivity contribution in [2.24, 2.45) is 0 Å². The first kappa shape index (κ1) is 12.8. The van der Waals surface area contributed by atoms with Crippen LogP contribution in [0.4, 0.5) is 0 Å². The van der Waals surface area contributed by atoms with E-state index >= 15 is 0 Å². The zero-order valence-corrected chi connectivity index (χ0v) is 11.4. The summed E-state index contributed by atoms with van der Waals surface area (Å²) in [6.45, 7) is 9.13. The molecule has 2 rings (SSSR count). The molecule has 18 heavy (non-hydrogen) atoms. The first-order valence-corrected chi connectivity index (χ1v) is 6.27. The summed E-state index contributed by atoms with van der Waals surface area (Å²) < 4.78 is 0. The molecule has 0 saturated carbocycles. The topological polar surface area (TPSA) is 53.6 Å². The van der Waals surface area contributed by atoms with Crippen LogP contribution in [0.15, 0.2) is 18.3 Å². The van der Waals surface area contributed by atoms with Gasteiger partial charge in [-0.2, -0.15) is 0 Å². The van der Waals surface area contributed by atoms with Crippen molar-refractivity contribution < 1.29 is 0 Å². The second-order valence-corrected chi connectivity index (χ2v) is 4.96. The number of nitrogens with zero attached hydrogens (tertiary/aromatic N) is 2. The van der Waals surface area contributed by atoms with E-state index in [1.165, 1.54) is 5.56 Å². The van der Waals surface area contributed by atoms with Crippen LogP contribution in [0.2, 0.25) is 0 Å². The predicted molar refractivity (Wildman–Crippen MR) is 73.3 cm³/mol. The number of pyridine rings is 1. The third-order valence-corrected chi connectivity index (χ3v) is 2.67. The summed E-state index contributed by atoms with van der Waals surface area (Å²) >= 11 is 0. The molecule has 0 bridgehead atoms. The van der Waals surface area contributed by atoms with E-state index < -0.39 is 0 Å². The smallest absolute Gasteiger partial charge is 0.156 e. The maximum atomic E-state index is 4.50. The van der Waals surface area contributed by atoms with Crippen LogP contribution in [0.25, 0.3) is 11.5 Å². The average Bonchev–Trinajstić information content (AvgIpc) is 2.73. The van der Waals surface area contributed by atoms with Gasteiger partial charge in [-0.1, -0.05) is 13.8 Å². The van der Waals surface area contributed by atoms with Crippen molar-refractivity contribution in [1.82, 2.24) is 20.3 Å². The van der Waals surface area contributed by atoms with Gasteiger partial charge in [0.1, 0.15) is 5.69 Å². The van der Waals surface area contributed by atoms with Gasteiger partial charge in [0, 0.05) is 24.0 Å². The zero-order valence-electron chi connectivity index (χ0n) is 11.4. The normalized spacial score (nSPS) is 11.2. The van der Waals surface area contributed by atoms with E-state index in [1.807, 2.05) is 19.2 Å². The lowest BCUT2D eigenvalue weighted by Crippen LogP contribution is -2.21. The van der Waals surface area contributed by atoms with Gasteiger partial charge in [-0.15, -0.1) is 0 Å². The molecular weight excluding hydrogens is 224 g/mol. The maximum absolute atomic E-state index is 4.50. The van der Waals surface area contributed by atoms with Crippen LogP contribution in [-0.4, -0.2) is 21.0 Å². The van der Waals surface area contributed by atoms with Gasteiger partial charge in [0.15, 0.2) is 5.82 Å². The highest BCUT2D eigenvalue weighted by Gasteiger charge is 2.06. The number of hydrogen-bond acceptors (Lipinski definition) is 3. The summed E-state index contributed by atoms with van der Waals surface area (Å²) in [7, 11) is 0. The van der Waals surface area contributed by atoms with E-state index in [2.05, 4.69) is 47.1 Å². The molecule has 0 saturated heterocycles. The SMILES string of the molecule is Cc1cc(C)nc(-c2ncc(CNC(C)C)[nH]2)c1. The molecule has 4 heteroatoms. The standard InChI is InChI=1S/C14H20N4/c1-9(2)15-7-12-8-16-14(18-12)13-6-10(3)5-11(4)17-13/h5-6,8-9,15H,7H2,1-4H3,(H,16,18). The molecule has 0 aromatic carbocycles. The lowest BCUT2D eigenvalue weighted by Gasteiger charge is -2.05. The monoisotopic (exact) mass is 244 g/mol. The van der Waals surface area contributed by atoms with Crippen molar-refractivity contribution in [3.63, 3.8) is 0 Å². The molecule has 2 aromatic heterocycles. The van der Waals surface area contributed by atoms with Crippen molar-refractivity contribution >= 4 is 0 Å². The molecule has 2 aromatic rings. The summed E-state index contributed by atoms with van der Waals surface area (Å²) in [5.41, 5.74) is 4.21.